The van der Waals surface area contributed by atoms with E-state index < -0.39 is 29.9 Å². The molecule has 0 saturated carbocycles. The summed E-state index contributed by atoms with van der Waals surface area (Å²) in [5.74, 6) is 10.1. The number of benzene rings is 1. The number of carbonyl (C=O) groups excluding carboxylic acids is 2. The molecule has 1 aromatic carbocycles. The minimum atomic E-state index is -1.50. The maximum atomic E-state index is 12.3. The summed E-state index contributed by atoms with van der Waals surface area (Å²) < 4.78 is 0. The summed E-state index contributed by atoms with van der Waals surface area (Å²) in [5, 5.41) is 23.4. The molecule has 0 spiro atoms. The Balaban J connectivity index is 2.06. The Kier molecular flexibility index (Phi) is 6.92. The zero-order valence-electron chi connectivity index (χ0n) is 14.9. The van der Waals surface area contributed by atoms with Gasteiger partial charge in [-0.05, 0) is 67.3 Å². The molecule has 1 aromatic heterocycles. The van der Waals surface area contributed by atoms with Gasteiger partial charge in [0.15, 0.2) is 5.78 Å². The van der Waals surface area contributed by atoms with E-state index in [2.05, 4.69) is 29.0 Å². The average Bonchev–Trinajstić information content (AvgIpc) is 3.15. The number of carbonyl (C=O) groups is 2. The number of thiophene rings is 1. The average molecular weight is 381 g/mol. The maximum Gasteiger partial charge on any atom is 0.251 e. The summed E-state index contributed by atoms with van der Waals surface area (Å²) in [6.45, 7) is 2.01. The van der Waals surface area contributed by atoms with Crippen LogP contribution in [0, 0.1) is 23.7 Å². The van der Waals surface area contributed by atoms with Crippen LogP contribution < -0.4 is 5.32 Å². The molecule has 1 amide bonds. The van der Waals surface area contributed by atoms with Crippen molar-refractivity contribution in [2.45, 2.75) is 25.5 Å². The zero-order valence-corrected chi connectivity index (χ0v) is 15.8. The Labute approximate surface area is 162 Å². The number of aliphatic hydroxyl groups is 2. The lowest BCUT2D eigenvalue weighted by molar-refractivity contribution is -0.129. The van der Waals surface area contributed by atoms with Crippen molar-refractivity contribution in [3.63, 3.8) is 0 Å². The molecule has 2 aromatic rings. The van der Waals surface area contributed by atoms with Gasteiger partial charge in [-0.2, -0.15) is 0 Å². The molecule has 0 aliphatic heterocycles. The Morgan fingerprint density at radius 3 is 2.37 bits per heavy atom. The summed E-state index contributed by atoms with van der Waals surface area (Å²) in [5.41, 5.74) is -0.495. The van der Waals surface area contributed by atoms with E-state index in [1.165, 1.54) is 13.8 Å². The largest absolute Gasteiger partial charge is 0.388 e. The molecule has 5 nitrogen and oxygen atoms in total. The number of rotatable bonds is 5. The van der Waals surface area contributed by atoms with Gasteiger partial charge in [-0.1, -0.05) is 12.0 Å². The standard InChI is InChI=1S/C21H19NO4S/c1-21(2,26)19(18(24)14-23)22-20(25)16-11-9-15(10-12-16)6-3-4-7-17-8-5-13-27-17/h5,8-13,19,23,26H,14H2,1-2H3,(H,22,25)/t19-/m1/s1. The van der Waals surface area contributed by atoms with Crippen molar-refractivity contribution in [2.24, 2.45) is 0 Å². The van der Waals surface area contributed by atoms with Gasteiger partial charge in [-0.3, -0.25) is 9.59 Å². The van der Waals surface area contributed by atoms with Gasteiger partial charge in [0.25, 0.3) is 5.91 Å². The van der Waals surface area contributed by atoms with E-state index in [4.69, 9.17) is 5.11 Å². The van der Waals surface area contributed by atoms with Crippen molar-refractivity contribution >= 4 is 23.0 Å². The highest BCUT2D eigenvalue weighted by Crippen LogP contribution is 2.11. The molecule has 1 atom stereocenters. The van der Waals surface area contributed by atoms with E-state index in [0.717, 1.165) is 4.88 Å². The predicted octanol–water partition coefficient (Wildman–Crippen LogP) is 1.58. The van der Waals surface area contributed by atoms with E-state index in [1.807, 2.05) is 17.5 Å². The van der Waals surface area contributed by atoms with Crippen molar-refractivity contribution in [3.05, 3.63) is 57.8 Å². The molecule has 0 saturated heterocycles. The fraction of sp³-hybridized carbons (Fsp3) is 0.238. The first kappa shape index (κ1) is 20.4. The topological polar surface area (TPSA) is 86.6 Å². The lowest BCUT2D eigenvalue weighted by atomic mass is 9.94. The smallest absolute Gasteiger partial charge is 0.251 e. The third kappa shape index (κ3) is 6.09. The lowest BCUT2D eigenvalue weighted by Gasteiger charge is -2.28. The van der Waals surface area contributed by atoms with Gasteiger partial charge in [0.1, 0.15) is 12.6 Å². The van der Waals surface area contributed by atoms with Gasteiger partial charge in [0.05, 0.1) is 10.5 Å². The molecule has 2 rings (SSSR count). The van der Waals surface area contributed by atoms with Crippen molar-refractivity contribution in [3.8, 4) is 23.7 Å². The van der Waals surface area contributed by atoms with E-state index in [1.54, 1.807) is 35.6 Å². The maximum absolute atomic E-state index is 12.3. The molecule has 0 radical (unpaired) electrons. The number of hydrogen-bond donors (Lipinski definition) is 3. The summed E-state index contributed by atoms with van der Waals surface area (Å²) in [4.78, 5) is 25.0. The van der Waals surface area contributed by atoms with Crippen LogP contribution in [0.4, 0.5) is 0 Å². The molecular formula is C21H19NO4S. The normalized spacial score (nSPS) is 11.4. The van der Waals surface area contributed by atoms with Gasteiger partial charge in [0, 0.05) is 11.1 Å². The molecule has 3 N–H and O–H groups in total. The van der Waals surface area contributed by atoms with Crippen LogP contribution in [0.2, 0.25) is 0 Å². The Bertz CT molecular complexity index is 917. The number of Topliss-reactive ketones (excluding diaryl/α,β-unsaturated/α-hetero) is 1. The zero-order chi connectivity index (χ0) is 19.9. The molecule has 0 aliphatic rings. The van der Waals surface area contributed by atoms with Gasteiger partial charge in [-0.15, -0.1) is 11.3 Å². The lowest BCUT2D eigenvalue weighted by Crippen LogP contribution is -2.54. The summed E-state index contributed by atoms with van der Waals surface area (Å²) in [6.07, 6.45) is 0. The summed E-state index contributed by atoms with van der Waals surface area (Å²) in [6, 6.07) is 9.09. The van der Waals surface area contributed by atoms with Crippen LogP contribution in [0.25, 0.3) is 0 Å². The van der Waals surface area contributed by atoms with E-state index in [9.17, 15) is 14.7 Å². The Morgan fingerprint density at radius 1 is 1.15 bits per heavy atom. The van der Waals surface area contributed by atoms with E-state index in [0.29, 0.717) is 11.1 Å². The summed E-state index contributed by atoms with van der Waals surface area (Å²) in [7, 11) is 0. The fourth-order valence-electron chi connectivity index (χ4n) is 2.21. The second-order valence-corrected chi connectivity index (χ2v) is 7.19. The molecule has 27 heavy (non-hydrogen) atoms. The SMILES string of the molecule is CC(C)(O)[C@H](NC(=O)c1ccc(C#CC#Cc2cccs2)cc1)C(=O)CO. The molecule has 0 unspecified atom stereocenters. The van der Waals surface area contributed by atoms with Gasteiger partial charge in [-0.25, -0.2) is 0 Å². The molecule has 0 aliphatic carbocycles. The van der Waals surface area contributed by atoms with Crippen molar-refractivity contribution < 1.29 is 19.8 Å². The molecule has 6 heteroatoms. The third-order valence-corrected chi connectivity index (χ3v) is 4.37. The van der Waals surface area contributed by atoms with Crippen molar-refractivity contribution in [1.82, 2.24) is 5.32 Å². The van der Waals surface area contributed by atoms with E-state index >= 15 is 0 Å². The van der Waals surface area contributed by atoms with E-state index in [-0.39, 0.29) is 0 Å². The van der Waals surface area contributed by atoms with Crippen LogP contribution in [0.5, 0.6) is 0 Å². The monoisotopic (exact) mass is 381 g/mol. The highest BCUT2D eigenvalue weighted by Gasteiger charge is 2.34. The molecular weight excluding hydrogens is 362 g/mol. The number of aliphatic hydroxyl groups excluding tert-OH is 1. The Hall–Kier alpha value is -2.90. The van der Waals surface area contributed by atoms with Gasteiger partial charge < -0.3 is 15.5 Å². The van der Waals surface area contributed by atoms with Crippen LogP contribution >= 0.6 is 11.3 Å². The first-order valence-corrected chi connectivity index (χ1v) is 9.01. The minimum Gasteiger partial charge on any atom is -0.388 e. The molecule has 0 fully saturated rings. The quantitative estimate of drug-likeness (QED) is 0.687. The van der Waals surface area contributed by atoms with Crippen LogP contribution in [0.1, 0.15) is 34.6 Å². The number of hydrogen-bond acceptors (Lipinski definition) is 5. The van der Waals surface area contributed by atoms with Gasteiger partial charge >= 0.3 is 0 Å². The van der Waals surface area contributed by atoms with Crippen molar-refractivity contribution in [1.29, 1.82) is 0 Å². The van der Waals surface area contributed by atoms with Crippen LogP contribution in [-0.4, -0.2) is 40.2 Å². The number of ketones is 1. The van der Waals surface area contributed by atoms with Crippen LogP contribution in [-0.2, 0) is 4.79 Å². The number of amides is 1. The second-order valence-electron chi connectivity index (χ2n) is 6.24. The van der Waals surface area contributed by atoms with Crippen molar-refractivity contribution in [2.75, 3.05) is 6.61 Å². The predicted molar refractivity (Wildman–Crippen MR) is 104 cm³/mol. The van der Waals surface area contributed by atoms with Gasteiger partial charge in [0.2, 0.25) is 0 Å². The van der Waals surface area contributed by atoms with Crippen LogP contribution in [0.15, 0.2) is 41.8 Å². The molecule has 138 valence electrons. The second kappa shape index (κ2) is 9.16. The first-order valence-electron chi connectivity index (χ1n) is 8.13. The minimum absolute atomic E-state index is 0.310. The highest BCUT2D eigenvalue weighted by molar-refractivity contribution is 7.10. The van der Waals surface area contributed by atoms with Crippen LogP contribution in [0.3, 0.4) is 0 Å². The molecule has 0 bridgehead atoms. The third-order valence-electron chi connectivity index (χ3n) is 3.58. The fourth-order valence-corrected chi connectivity index (χ4v) is 2.78. The highest BCUT2D eigenvalue weighted by atomic mass is 32.1. The molecule has 1 heterocycles. The number of nitrogens with one attached hydrogen (secondary N) is 1. The Morgan fingerprint density at radius 2 is 1.81 bits per heavy atom. The first-order chi connectivity index (χ1) is 12.8. The summed E-state index contributed by atoms with van der Waals surface area (Å²) >= 11 is 1.54.